The number of aliphatic hydroxyl groups excluding tert-OH is 1. The number of amides is 2. The van der Waals surface area contributed by atoms with Crippen LogP contribution in [0.5, 0.6) is 0 Å². The molecule has 190 valence electrons. The predicted molar refractivity (Wildman–Crippen MR) is 130 cm³/mol. The van der Waals surface area contributed by atoms with E-state index in [1.165, 1.54) is 30.6 Å². The summed E-state index contributed by atoms with van der Waals surface area (Å²) >= 11 is 1.35. The SMILES string of the molecule is CSC[C@@H](C(=O)O)N(C)C(=O)CCCCOC(=O)C(Cc1ccc(N)c(CCO)c1)NC(C)=O. The molecule has 1 aromatic carbocycles. The fourth-order valence-electron chi connectivity index (χ4n) is 3.31. The molecular formula is C23H35N3O7S. The quantitative estimate of drug-likeness (QED) is 0.156. The lowest BCUT2D eigenvalue weighted by Gasteiger charge is -2.24. The number of aliphatic carboxylic acids is 1. The molecule has 5 N–H and O–H groups in total. The molecule has 0 fully saturated rings. The Morgan fingerprint density at radius 3 is 2.53 bits per heavy atom. The van der Waals surface area contributed by atoms with Gasteiger partial charge in [0.25, 0.3) is 0 Å². The first kappa shape index (κ1) is 29.2. The van der Waals surface area contributed by atoms with E-state index in [-0.39, 0.29) is 37.9 Å². The summed E-state index contributed by atoms with van der Waals surface area (Å²) in [6.07, 6.45) is 3.34. The molecule has 0 spiro atoms. The second kappa shape index (κ2) is 15.2. The number of rotatable bonds is 15. The second-order valence-electron chi connectivity index (χ2n) is 7.90. The number of carboxylic acid groups (broad SMARTS) is 1. The number of ether oxygens (including phenoxy) is 1. The van der Waals surface area contributed by atoms with Gasteiger partial charge in [0.05, 0.1) is 6.61 Å². The van der Waals surface area contributed by atoms with Crippen molar-refractivity contribution in [2.24, 2.45) is 0 Å². The fourth-order valence-corrected chi connectivity index (χ4v) is 3.99. The minimum Gasteiger partial charge on any atom is -0.480 e. The van der Waals surface area contributed by atoms with Gasteiger partial charge in [-0.15, -0.1) is 0 Å². The maximum atomic E-state index is 12.6. The number of nitrogens with zero attached hydrogens (tertiary/aromatic N) is 1. The zero-order valence-corrected chi connectivity index (χ0v) is 20.7. The maximum Gasteiger partial charge on any atom is 0.328 e. The van der Waals surface area contributed by atoms with Gasteiger partial charge in [-0.1, -0.05) is 12.1 Å². The molecule has 0 aliphatic heterocycles. The third kappa shape index (κ3) is 10.0. The Morgan fingerprint density at radius 1 is 1.24 bits per heavy atom. The van der Waals surface area contributed by atoms with Crippen LogP contribution in [0.1, 0.15) is 37.3 Å². The van der Waals surface area contributed by atoms with Crippen molar-refractivity contribution in [3.05, 3.63) is 29.3 Å². The summed E-state index contributed by atoms with van der Waals surface area (Å²) in [5.74, 6) is -2.00. The molecule has 0 aromatic heterocycles. The first-order valence-corrected chi connectivity index (χ1v) is 12.4. The molecule has 0 heterocycles. The summed E-state index contributed by atoms with van der Waals surface area (Å²) in [7, 11) is 1.47. The number of carbonyl (C=O) groups excluding carboxylic acids is 3. The molecular weight excluding hydrogens is 462 g/mol. The van der Waals surface area contributed by atoms with E-state index in [0.29, 0.717) is 30.7 Å². The normalized spacial score (nSPS) is 12.5. The molecule has 0 aliphatic carbocycles. The van der Waals surface area contributed by atoms with Crippen molar-refractivity contribution in [2.45, 2.75) is 51.1 Å². The van der Waals surface area contributed by atoms with Gasteiger partial charge < -0.3 is 30.9 Å². The highest BCUT2D eigenvalue weighted by atomic mass is 32.2. The van der Waals surface area contributed by atoms with Crippen LogP contribution < -0.4 is 11.1 Å². The number of hydrogen-bond donors (Lipinski definition) is 4. The molecule has 2 atom stereocenters. The number of carboxylic acids is 1. The summed E-state index contributed by atoms with van der Waals surface area (Å²) in [6.45, 7) is 1.32. The van der Waals surface area contributed by atoms with Crippen LogP contribution in [0.25, 0.3) is 0 Å². The van der Waals surface area contributed by atoms with Crippen molar-refractivity contribution in [2.75, 3.05) is 38.0 Å². The molecule has 0 saturated heterocycles. The van der Waals surface area contributed by atoms with Gasteiger partial charge in [0.15, 0.2) is 0 Å². The van der Waals surface area contributed by atoms with Gasteiger partial charge in [0.2, 0.25) is 11.8 Å². The minimum absolute atomic E-state index is 0.0579. The van der Waals surface area contributed by atoms with E-state index in [9.17, 15) is 24.3 Å². The summed E-state index contributed by atoms with van der Waals surface area (Å²) in [5, 5.41) is 21.0. The molecule has 0 radical (unpaired) electrons. The zero-order chi connectivity index (χ0) is 25.7. The summed E-state index contributed by atoms with van der Waals surface area (Å²) in [6, 6.07) is 3.46. The van der Waals surface area contributed by atoms with Gasteiger partial charge in [0.1, 0.15) is 12.1 Å². The van der Waals surface area contributed by atoms with Crippen LogP contribution in [0.3, 0.4) is 0 Å². The van der Waals surface area contributed by atoms with Gasteiger partial charge in [-0.25, -0.2) is 9.59 Å². The number of nitrogens with one attached hydrogen (secondary N) is 1. The molecule has 1 aromatic rings. The average Bonchev–Trinajstić information content (AvgIpc) is 2.77. The summed E-state index contributed by atoms with van der Waals surface area (Å²) in [5.41, 5.74) is 7.96. The lowest BCUT2D eigenvalue weighted by atomic mass is 10.0. The van der Waals surface area contributed by atoms with Crippen LogP contribution in [0.4, 0.5) is 5.69 Å². The van der Waals surface area contributed by atoms with E-state index in [2.05, 4.69) is 5.32 Å². The first-order valence-electron chi connectivity index (χ1n) is 11.0. The third-order valence-corrected chi connectivity index (χ3v) is 5.84. The number of aliphatic hydroxyl groups is 1. The van der Waals surface area contributed by atoms with Crippen LogP contribution in [-0.2, 0) is 36.8 Å². The number of unbranched alkanes of at least 4 members (excludes halogenated alkanes) is 1. The van der Waals surface area contributed by atoms with E-state index in [4.69, 9.17) is 15.6 Å². The monoisotopic (exact) mass is 497 g/mol. The standard InChI is InChI=1S/C23H35N3O7S/c1-15(28)25-19(13-16-7-8-18(24)17(12-16)9-10-27)23(32)33-11-5-4-6-21(29)26(2)20(14-34-3)22(30)31/h7-8,12,19-20,27H,4-6,9-11,13-14,24H2,1-3H3,(H,25,28)(H,30,31)/t19?,20-/m0/s1. The largest absolute Gasteiger partial charge is 0.480 e. The number of hydrogen-bond acceptors (Lipinski definition) is 8. The Kier molecular flexibility index (Phi) is 13.1. The number of esters is 1. The van der Waals surface area contributed by atoms with Gasteiger partial charge in [-0.05, 0) is 42.7 Å². The highest BCUT2D eigenvalue weighted by Crippen LogP contribution is 2.17. The highest BCUT2D eigenvalue weighted by Gasteiger charge is 2.26. The van der Waals surface area contributed by atoms with E-state index in [1.807, 2.05) is 0 Å². The summed E-state index contributed by atoms with van der Waals surface area (Å²) in [4.78, 5) is 48.9. The van der Waals surface area contributed by atoms with Crippen LogP contribution in [-0.4, -0.2) is 83.2 Å². The number of thioether (sulfide) groups is 1. The van der Waals surface area contributed by atoms with Crippen molar-refractivity contribution < 1.29 is 34.1 Å². The molecule has 11 heteroatoms. The van der Waals surface area contributed by atoms with E-state index >= 15 is 0 Å². The van der Waals surface area contributed by atoms with Crippen molar-refractivity contribution in [1.29, 1.82) is 0 Å². The third-order valence-electron chi connectivity index (χ3n) is 5.19. The lowest BCUT2D eigenvalue weighted by molar-refractivity contribution is -0.148. The number of nitrogens with two attached hydrogens (primary N) is 1. The second-order valence-corrected chi connectivity index (χ2v) is 8.81. The molecule has 10 nitrogen and oxygen atoms in total. The topological polar surface area (TPSA) is 159 Å². The first-order chi connectivity index (χ1) is 16.1. The fraction of sp³-hybridized carbons (Fsp3) is 0.565. The Bertz CT molecular complexity index is 850. The molecule has 34 heavy (non-hydrogen) atoms. The van der Waals surface area contributed by atoms with Gasteiger partial charge in [0, 0.05) is 44.9 Å². The van der Waals surface area contributed by atoms with Crippen LogP contribution >= 0.6 is 11.8 Å². The molecule has 0 bridgehead atoms. The number of nitrogen functional groups attached to an aromatic ring is 1. The average molecular weight is 498 g/mol. The summed E-state index contributed by atoms with van der Waals surface area (Å²) < 4.78 is 5.30. The highest BCUT2D eigenvalue weighted by molar-refractivity contribution is 7.98. The Labute approximate surface area is 204 Å². The van der Waals surface area contributed by atoms with Crippen molar-refractivity contribution in [1.82, 2.24) is 10.2 Å². The van der Waals surface area contributed by atoms with E-state index in [1.54, 1.807) is 24.5 Å². The smallest absolute Gasteiger partial charge is 0.328 e. The van der Waals surface area contributed by atoms with E-state index in [0.717, 1.165) is 11.1 Å². The zero-order valence-electron chi connectivity index (χ0n) is 19.9. The van der Waals surface area contributed by atoms with Crippen molar-refractivity contribution in [3.8, 4) is 0 Å². The number of likely N-dealkylation sites (N-methyl/N-ethyl adjacent to an activating group) is 1. The maximum absolute atomic E-state index is 12.6. The molecule has 2 amide bonds. The molecule has 1 rings (SSSR count). The van der Waals surface area contributed by atoms with Crippen LogP contribution in [0.15, 0.2) is 18.2 Å². The van der Waals surface area contributed by atoms with Crippen molar-refractivity contribution in [3.63, 3.8) is 0 Å². The molecule has 0 aliphatic rings. The predicted octanol–water partition coefficient (Wildman–Crippen LogP) is 0.839. The van der Waals surface area contributed by atoms with E-state index < -0.39 is 24.0 Å². The molecule has 1 unspecified atom stereocenters. The van der Waals surface area contributed by atoms with Gasteiger partial charge >= 0.3 is 11.9 Å². The number of anilines is 1. The minimum atomic E-state index is -1.05. The van der Waals surface area contributed by atoms with Crippen LogP contribution in [0.2, 0.25) is 0 Å². The molecule has 0 saturated carbocycles. The van der Waals surface area contributed by atoms with Crippen molar-refractivity contribution >= 4 is 41.2 Å². The Balaban J connectivity index is 2.58. The Morgan fingerprint density at radius 2 is 1.94 bits per heavy atom. The Hall–Kier alpha value is -2.79. The lowest BCUT2D eigenvalue weighted by Crippen LogP contribution is -2.44. The van der Waals surface area contributed by atoms with Crippen LogP contribution in [0, 0.1) is 0 Å². The number of benzene rings is 1. The van der Waals surface area contributed by atoms with Gasteiger partial charge in [-0.3, -0.25) is 9.59 Å². The van der Waals surface area contributed by atoms with Gasteiger partial charge in [-0.2, -0.15) is 11.8 Å². The number of carbonyl (C=O) groups is 4.